The highest BCUT2D eigenvalue weighted by molar-refractivity contribution is 5.73. The smallest absolute Gasteiger partial charge is 0.416 e. The average molecular weight is 422 g/mol. The number of piperidine rings is 1. The van der Waals surface area contributed by atoms with Gasteiger partial charge in [-0.15, -0.1) is 5.10 Å². The maximum absolute atomic E-state index is 12.8. The summed E-state index contributed by atoms with van der Waals surface area (Å²) in [6.07, 6.45) is -1.37. The van der Waals surface area contributed by atoms with E-state index in [-0.39, 0.29) is 11.5 Å². The number of alkyl halides is 3. The van der Waals surface area contributed by atoms with E-state index in [2.05, 4.69) is 15.1 Å². The molecule has 0 aliphatic carbocycles. The SMILES string of the molecule is Cc1cc(C[C@@H]2CCCN(CCC(N)=O)C2)nnc1-c1ccc(C(F)(F)F)cc1O. The van der Waals surface area contributed by atoms with Gasteiger partial charge in [0, 0.05) is 25.1 Å². The van der Waals surface area contributed by atoms with Gasteiger partial charge in [-0.05, 0) is 68.5 Å². The summed E-state index contributed by atoms with van der Waals surface area (Å²) in [5.74, 6) is -0.404. The summed E-state index contributed by atoms with van der Waals surface area (Å²) in [5.41, 5.74) is 6.42. The maximum atomic E-state index is 12.8. The Bertz CT molecular complexity index is 918. The summed E-state index contributed by atoms with van der Waals surface area (Å²) in [6.45, 7) is 4.25. The monoisotopic (exact) mass is 422 g/mol. The van der Waals surface area contributed by atoms with Gasteiger partial charge in [0.1, 0.15) is 5.75 Å². The summed E-state index contributed by atoms with van der Waals surface area (Å²) in [4.78, 5) is 13.2. The molecule has 1 amide bonds. The lowest BCUT2D eigenvalue weighted by atomic mass is 9.92. The number of hydrogen-bond acceptors (Lipinski definition) is 5. The van der Waals surface area contributed by atoms with Crippen molar-refractivity contribution in [3.05, 3.63) is 41.1 Å². The Kier molecular flexibility index (Phi) is 6.60. The van der Waals surface area contributed by atoms with E-state index in [9.17, 15) is 23.1 Å². The fourth-order valence-corrected chi connectivity index (χ4v) is 3.90. The molecule has 0 unspecified atom stereocenters. The number of nitrogens with zero attached hydrogens (tertiary/aromatic N) is 3. The van der Waals surface area contributed by atoms with Crippen molar-refractivity contribution >= 4 is 5.91 Å². The van der Waals surface area contributed by atoms with Crippen molar-refractivity contribution in [3.63, 3.8) is 0 Å². The molecule has 3 rings (SSSR count). The molecule has 0 spiro atoms. The largest absolute Gasteiger partial charge is 0.507 e. The van der Waals surface area contributed by atoms with E-state index in [0.717, 1.165) is 49.7 Å². The molecule has 1 aliphatic rings. The molecule has 0 bridgehead atoms. The number of hydrogen-bond donors (Lipinski definition) is 2. The van der Waals surface area contributed by atoms with Crippen molar-refractivity contribution in [1.29, 1.82) is 0 Å². The van der Waals surface area contributed by atoms with E-state index in [1.165, 1.54) is 6.07 Å². The highest BCUT2D eigenvalue weighted by Crippen LogP contribution is 2.36. The molecule has 2 heterocycles. The first-order valence-corrected chi connectivity index (χ1v) is 9.88. The minimum Gasteiger partial charge on any atom is -0.507 e. The summed E-state index contributed by atoms with van der Waals surface area (Å²) in [7, 11) is 0. The Morgan fingerprint density at radius 2 is 2.07 bits per heavy atom. The minimum atomic E-state index is -4.52. The first-order chi connectivity index (χ1) is 14.1. The predicted molar refractivity (Wildman–Crippen MR) is 106 cm³/mol. The number of benzene rings is 1. The van der Waals surface area contributed by atoms with Gasteiger partial charge in [-0.3, -0.25) is 4.79 Å². The number of likely N-dealkylation sites (tertiary alicyclic amines) is 1. The van der Waals surface area contributed by atoms with Crippen LogP contribution in [0.25, 0.3) is 11.3 Å². The third-order valence-electron chi connectivity index (χ3n) is 5.39. The van der Waals surface area contributed by atoms with Crippen LogP contribution in [0.1, 0.15) is 36.1 Å². The second kappa shape index (κ2) is 8.99. The number of phenolic OH excluding ortho intramolecular Hbond substituents is 1. The number of carbonyl (C=O) groups is 1. The quantitative estimate of drug-likeness (QED) is 0.745. The lowest BCUT2D eigenvalue weighted by Gasteiger charge is -2.32. The zero-order valence-electron chi connectivity index (χ0n) is 16.7. The average Bonchev–Trinajstić information content (AvgIpc) is 2.66. The Labute approximate surface area is 172 Å². The van der Waals surface area contributed by atoms with E-state index in [0.29, 0.717) is 30.6 Å². The number of rotatable bonds is 6. The molecule has 1 atom stereocenters. The number of aryl methyl sites for hydroxylation is 1. The second-order valence-electron chi connectivity index (χ2n) is 7.83. The van der Waals surface area contributed by atoms with E-state index in [1.807, 2.05) is 6.07 Å². The van der Waals surface area contributed by atoms with Crippen LogP contribution in [-0.2, 0) is 17.4 Å². The molecule has 1 aromatic carbocycles. The Balaban J connectivity index is 1.70. The van der Waals surface area contributed by atoms with Crippen molar-refractivity contribution in [1.82, 2.24) is 15.1 Å². The van der Waals surface area contributed by atoms with Crippen molar-refractivity contribution in [2.75, 3.05) is 19.6 Å². The molecule has 1 aromatic heterocycles. The molecule has 1 aliphatic heterocycles. The number of halogens is 3. The van der Waals surface area contributed by atoms with Crippen molar-refractivity contribution in [2.45, 2.75) is 38.8 Å². The van der Waals surface area contributed by atoms with Gasteiger partial charge in [-0.2, -0.15) is 18.3 Å². The number of carbonyl (C=O) groups excluding carboxylic acids is 1. The molecule has 3 N–H and O–H groups in total. The van der Waals surface area contributed by atoms with Gasteiger partial charge in [-0.1, -0.05) is 0 Å². The highest BCUT2D eigenvalue weighted by atomic mass is 19.4. The number of aromatic nitrogens is 2. The van der Waals surface area contributed by atoms with Crippen LogP contribution in [0.5, 0.6) is 5.75 Å². The third-order valence-corrected chi connectivity index (χ3v) is 5.39. The normalized spacial score (nSPS) is 17.8. The minimum absolute atomic E-state index is 0.217. The zero-order chi connectivity index (χ0) is 21.9. The molecular weight excluding hydrogens is 397 g/mol. The number of phenols is 1. The lowest BCUT2D eigenvalue weighted by Crippen LogP contribution is -2.38. The van der Waals surface area contributed by atoms with E-state index in [4.69, 9.17) is 5.73 Å². The van der Waals surface area contributed by atoms with Gasteiger partial charge >= 0.3 is 6.18 Å². The van der Waals surface area contributed by atoms with Gasteiger partial charge < -0.3 is 15.7 Å². The van der Waals surface area contributed by atoms with E-state index < -0.39 is 17.5 Å². The molecule has 6 nitrogen and oxygen atoms in total. The van der Waals surface area contributed by atoms with Crippen LogP contribution < -0.4 is 5.73 Å². The molecule has 1 fully saturated rings. The predicted octanol–water partition coefficient (Wildman–Crippen LogP) is 3.31. The number of primary amides is 1. The Hall–Kier alpha value is -2.68. The fourth-order valence-electron chi connectivity index (χ4n) is 3.90. The van der Waals surface area contributed by atoms with Gasteiger partial charge in [0.2, 0.25) is 5.91 Å². The third kappa shape index (κ3) is 5.47. The molecule has 0 radical (unpaired) electrons. The molecule has 9 heteroatoms. The van der Waals surface area contributed by atoms with Crippen LogP contribution in [0.3, 0.4) is 0 Å². The van der Waals surface area contributed by atoms with Crippen LogP contribution in [0.4, 0.5) is 13.2 Å². The van der Waals surface area contributed by atoms with Gasteiger partial charge in [-0.25, -0.2) is 0 Å². The molecule has 0 saturated carbocycles. The summed E-state index contributed by atoms with van der Waals surface area (Å²) >= 11 is 0. The van der Waals surface area contributed by atoms with Crippen LogP contribution in [-0.4, -0.2) is 45.7 Å². The van der Waals surface area contributed by atoms with Crippen LogP contribution in [0, 0.1) is 12.8 Å². The summed E-state index contributed by atoms with van der Waals surface area (Å²) in [5, 5.41) is 18.5. The van der Waals surface area contributed by atoms with Crippen molar-refractivity contribution < 1.29 is 23.1 Å². The fraction of sp³-hybridized carbons (Fsp3) is 0.476. The second-order valence-corrected chi connectivity index (χ2v) is 7.83. The first-order valence-electron chi connectivity index (χ1n) is 9.88. The highest BCUT2D eigenvalue weighted by Gasteiger charge is 2.31. The maximum Gasteiger partial charge on any atom is 0.416 e. The van der Waals surface area contributed by atoms with E-state index >= 15 is 0 Å². The van der Waals surface area contributed by atoms with Crippen molar-refractivity contribution in [2.24, 2.45) is 11.7 Å². The van der Waals surface area contributed by atoms with Crippen molar-refractivity contribution in [3.8, 4) is 17.0 Å². The van der Waals surface area contributed by atoms with Crippen LogP contribution >= 0.6 is 0 Å². The summed E-state index contributed by atoms with van der Waals surface area (Å²) < 4.78 is 38.4. The Morgan fingerprint density at radius 3 is 2.70 bits per heavy atom. The number of aromatic hydroxyl groups is 1. The van der Waals surface area contributed by atoms with Crippen LogP contribution in [0.15, 0.2) is 24.3 Å². The Morgan fingerprint density at radius 1 is 1.30 bits per heavy atom. The van der Waals surface area contributed by atoms with Gasteiger partial charge in [0.05, 0.1) is 17.0 Å². The molecule has 1 saturated heterocycles. The molecule has 2 aromatic rings. The number of nitrogens with two attached hydrogens (primary N) is 1. The van der Waals surface area contributed by atoms with Gasteiger partial charge in [0.25, 0.3) is 0 Å². The standard InChI is InChI=1S/C21H25F3N4O2/c1-13-9-16(10-14-3-2-7-28(12-14)8-6-19(25)30)26-27-20(13)17-5-4-15(11-18(17)29)21(22,23)24/h4-5,9,11,14,29H,2-3,6-8,10,12H2,1H3,(H2,25,30)/t14-/m0/s1. The van der Waals surface area contributed by atoms with E-state index in [1.54, 1.807) is 6.92 Å². The molecular formula is C21H25F3N4O2. The summed E-state index contributed by atoms with van der Waals surface area (Å²) in [6, 6.07) is 4.70. The van der Waals surface area contributed by atoms with Gasteiger partial charge in [0.15, 0.2) is 0 Å². The zero-order valence-corrected chi connectivity index (χ0v) is 16.7. The molecule has 162 valence electrons. The lowest BCUT2D eigenvalue weighted by molar-refractivity contribution is -0.137. The first kappa shape index (κ1) is 22.0. The topological polar surface area (TPSA) is 92.3 Å². The number of amides is 1. The van der Waals surface area contributed by atoms with Crippen LogP contribution in [0.2, 0.25) is 0 Å². The molecule has 30 heavy (non-hydrogen) atoms.